The summed E-state index contributed by atoms with van der Waals surface area (Å²) in [5.74, 6) is 0.481. The third-order valence-corrected chi connectivity index (χ3v) is 16.4. The zero-order chi connectivity index (χ0) is 49.8. The number of hydrogen-bond donors (Lipinski definition) is 0. The van der Waals surface area contributed by atoms with Crippen molar-refractivity contribution < 1.29 is 8.83 Å². The molecule has 0 saturated heterocycles. The maximum Gasteiger partial charge on any atom is 0.159 e. The lowest BCUT2D eigenvalue weighted by Crippen LogP contribution is -2.15. The molecule has 0 amide bonds. The molecule has 0 aliphatic carbocycles. The molecule has 4 nitrogen and oxygen atoms in total. The van der Waals surface area contributed by atoms with E-state index >= 15 is 0 Å². The van der Waals surface area contributed by atoms with Gasteiger partial charge in [-0.1, -0.05) is 191 Å². The summed E-state index contributed by atoms with van der Waals surface area (Å²) in [6.45, 7) is 23.2. The van der Waals surface area contributed by atoms with Crippen LogP contribution in [0.15, 0.2) is 179 Å². The Balaban J connectivity index is 1.18. The number of benzene rings is 10. The molecule has 358 valence electrons. The predicted octanol–water partition coefficient (Wildman–Crippen LogP) is 20.9. The first-order chi connectivity index (χ1) is 34.8. The highest BCUT2D eigenvalue weighted by atomic mass is 16.3. The van der Waals surface area contributed by atoms with Gasteiger partial charge in [0.05, 0.1) is 22.7 Å². The first-order valence-corrected chi connectivity index (χ1v) is 26.2. The molecule has 0 saturated carbocycles. The van der Waals surface area contributed by atoms with Crippen LogP contribution in [0.4, 0.5) is 34.1 Å². The minimum absolute atomic E-state index is 0.0529. The van der Waals surface area contributed by atoms with Gasteiger partial charge >= 0.3 is 0 Å². The van der Waals surface area contributed by atoms with Crippen LogP contribution >= 0.6 is 0 Å². The van der Waals surface area contributed by atoms with E-state index in [4.69, 9.17) is 8.83 Å². The van der Waals surface area contributed by atoms with E-state index in [1.807, 2.05) is 0 Å². The molecule has 0 unspecified atom stereocenters. The first kappa shape index (κ1) is 45.6. The standard InChI is InChI=1S/C68H64N2O2/c1-11-67(7,8)55-31-19-27-47-49-29-21-33-57(65(49)71-63(47)55)69(43-23-15-13-16-24-43)59-39-53(41(3)4)45-36-38-52-60(40-54(42(5)6)46-35-37-51(59)61(45)62(46)52)70(44-25-17-14-18-26-44)58-34-22-30-50-48-28-20-32-56(68(9,10)12-2)64(48)72-66(50)58/h13-42H,11-12H2,1-10H3. The molecule has 12 aromatic rings. The molecule has 12 rings (SSSR count). The number of rotatable bonds is 12. The van der Waals surface area contributed by atoms with Gasteiger partial charge in [0.1, 0.15) is 11.2 Å². The molecule has 2 heterocycles. The van der Waals surface area contributed by atoms with Crippen LogP contribution in [-0.2, 0) is 10.8 Å². The quantitative estimate of drug-likeness (QED) is 0.114. The van der Waals surface area contributed by atoms with Crippen LogP contribution in [0.2, 0.25) is 0 Å². The Labute approximate surface area is 423 Å². The maximum atomic E-state index is 7.22. The number of fused-ring (bicyclic) bond motifs is 6. The fraction of sp³-hybridized carbons (Fsp3) is 0.235. The van der Waals surface area contributed by atoms with E-state index in [9.17, 15) is 0 Å². The lowest BCUT2D eigenvalue weighted by Gasteiger charge is -2.31. The number of anilines is 6. The van der Waals surface area contributed by atoms with Crippen molar-refractivity contribution in [3.63, 3.8) is 0 Å². The Bertz CT molecular complexity index is 3760. The van der Waals surface area contributed by atoms with E-state index in [2.05, 4.69) is 249 Å². The van der Waals surface area contributed by atoms with Crippen LogP contribution in [0.25, 0.3) is 76.2 Å². The van der Waals surface area contributed by atoms with Crippen LogP contribution in [0.1, 0.15) is 116 Å². The molecular formula is C68H64N2O2. The Kier molecular flexibility index (Phi) is 10.8. The van der Waals surface area contributed by atoms with Crippen molar-refractivity contribution >= 4 is 110 Å². The van der Waals surface area contributed by atoms with E-state index in [0.29, 0.717) is 0 Å². The molecule has 0 atom stereocenters. The lowest BCUT2D eigenvalue weighted by molar-refractivity contribution is 0.500. The number of nitrogens with zero attached hydrogens (tertiary/aromatic N) is 2. The van der Waals surface area contributed by atoms with Crippen molar-refractivity contribution in [2.24, 2.45) is 0 Å². The van der Waals surface area contributed by atoms with Crippen molar-refractivity contribution in [3.8, 4) is 0 Å². The van der Waals surface area contributed by atoms with Crippen molar-refractivity contribution in [2.75, 3.05) is 9.80 Å². The monoisotopic (exact) mass is 940 g/mol. The van der Waals surface area contributed by atoms with Crippen LogP contribution in [0, 0.1) is 0 Å². The molecule has 72 heavy (non-hydrogen) atoms. The van der Waals surface area contributed by atoms with E-state index in [0.717, 1.165) is 90.8 Å². The minimum atomic E-state index is -0.0529. The zero-order valence-electron chi connectivity index (χ0n) is 43.4. The Morgan fingerprint density at radius 1 is 0.361 bits per heavy atom. The summed E-state index contributed by atoms with van der Waals surface area (Å²) in [7, 11) is 0. The predicted molar refractivity (Wildman–Crippen MR) is 309 cm³/mol. The third-order valence-electron chi connectivity index (χ3n) is 16.4. The van der Waals surface area contributed by atoms with Crippen LogP contribution in [-0.4, -0.2) is 0 Å². The molecule has 0 N–H and O–H groups in total. The van der Waals surface area contributed by atoms with Gasteiger partial charge in [-0.25, -0.2) is 0 Å². The second kappa shape index (κ2) is 17.1. The number of hydrogen-bond acceptors (Lipinski definition) is 4. The second-order valence-electron chi connectivity index (χ2n) is 22.0. The molecule has 0 aliphatic heterocycles. The lowest BCUT2D eigenvalue weighted by atomic mass is 9.81. The highest BCUT2D eigenvalue weighted by Crippen LogP contribution is 2.53. The fourth-order valence-electron chi connectivity index (χ4n) is 11.7. The van der Waals surface area contributed by atoms with Crippen LogP contribution in [0.3, 0.4) is 0 Å². The van der Waals surface area contributed by atoms with Gasteiger partial charge < -0.3 is 18.6 Å². The number of para-hydroxylation sites is 6. The van der Waals surface area contributed by atoms with E-state index in [1.54, 1.807) is 0 Å². The molecular weight excluding hydrogens is 877 g/mol. The summed E-state index contributed by atoms with van der Waals surface area (Å²) in [5, 5.41) is 12.1. The molecule has 0 fully saturated rings. The van der Waals surface area contributed by atoms with Crippen molar-refractivity contribution in [1.82, 2.24) is 0 Å². The van der Waals surface area contributed by atoms with E-state index in [1.165, 1.54) is 54.6 Å². The highest BCUT2D eigenvalue weighted by Gasteiger charge is 2.31. The molecule has 2 aromatic heterocycles. The molecule has 0 spiro atoms. The summed E-state index contributed by atoms with van der Waals surface area (Å²) >= 11 is 0. The van der Waals surface area contributed by atoms with Crippen molar-refractivity contribution in [3.05, 3.63) is 192 Å². The fourth-order valence-corrected chi connectivity index (χ4v) is 11.7. The van der Waals surface area contributed by atoms with Gasteiger partial charge in [0, 0.05) is 54.8 Å². The van der Waals surface area contributed by atoms with E-state index < -0.39 is 0 Å². The van der Waals surface area contributed by atoms with Crippen molar-refractivity contribution in [1.29, 1.82) is 0 Å². The Morgan fingerprint density at radius 3 is 1.07 bits per heavy atom. The normalized spacial score (nSPS) is 12.7. The summed E-state index contributed by atoms with van der Waals surface area (Å²) in [5.41, 5.74) is 15.2. The first-order valence-electron chi connectivity index (χ1n) is 26.2. The topological polar surface area (TPSA) is 32.8 Å². The average Bonchev–Trinajstić information content (AvgIpc) is 3.98. The van der Waals surface area contributed by atoms with Gasteiger partial charge in [-0.2, -0.15) is 0 Å². The summed E-state index contributed by atoms with van der Waals surface area (Å²) in [4.78, 5) is 4.92. The van der Waals surface area contributed by atoms with Gasteiger partial charge in [-0.05, 0) is 117 Å². The third kappa shape index (κ3) is 6.93. The van der Waals surface area contributed by atoms with Gasteiger partial charge in [0.2, 0.25) is 0 Å². The minimum Gasteiger partial charge on any atom is -0.454 e. The molecule has 0 aliphatic rings. The molecule has 4 heteroatoms. The maximum absolute atomic E-state index is 7.22. The van der Waals surface area contributed by atoms with Crippen LogP contribution < -0.4 is 9.80 Å². The zero-order valence-corrected chi connectivity index (χ0v) is 43.4. The Hall–Kier alpha value is -7.56. The van der Waals surface area contributed by atoms with Gasteiger partial charge in [-0.15, -0.1) is 0 Å². The van der Waals surface area contributed by atoms with Gasteiger partial charge in [0.25, 0.3) is 0 Å². The van der Waals surface area contributed by atoms with Gasteiger partial charge in [0.15, 0.2) is 11.2 Å². The SMILES string of the molecule is CCC(C)(C)c1cccc2c1oc1c(N(c3ccccc3)c3cc(C(C)C)c4ccc5c(N(c6ccccc6)c6cccc7c6oc6c(C(C)(C)CC)cccc67)cc(C(C)C)c6ccc3c4c65)cccc12. The summed E-state index contributed by atoms with van der Waals surface area (Å²) in [6.07, 6.45) is 2.01. The summed E-state index contributed by atoms with van der Waals surface area (Å²) < 4.78 is 14.4. The highest BCUT2D eigenvalue weighted by molar-refractivity contribution is 6.30. The van der Waals surface area contributed by atoms with Gasteiger partial charge in [-0.3, -0.25) is 0 Å². The largest absolute Gasteiger partial charge is 0.454 e. The van der Waals surface area contributed by atoms with E-state index in [-0.39, 0.29) is 22.7 Å². The second-order valence-corrected chi connectivity index (χ2v) is 22.0. The summed E-state index contributed by atoms with van der Waals surface area (Å²) in [6, 6.07) is 62.9. The van der Waals surface area contributed by atoms with Crippen LogP contribution in [0.5, 0.6) is 0 Å². The number of furan rings is 2. The molecule has 10 aromatic carbocycles. The average molecular weight is 941 g/mol. The molecule has 0 bridgehead atoms. The van der Waals surface area contributed by atoms with Crippen molar-refractivity contribution in [2.45, 2.75) is 105 Å². The Morgan fingerprint density at radius 2 is 0.708 bits per heavy atom. The molecule has 0 radical (unpaired) electrons. The smallest absolute Gasteiger partial charge is 0.159 e.